The Morgan fingerprint density at radius 2 is 1.20 bits per heavy atom. The van der Waals surface area contributed by atoms with Crippen LogP contribution in [-0.2, 0) is 5.41 Å². The van der Waals surface area contributed by atoms with Crippen molar-refractivity contribution in [1.29, 1.82) is 0 Å². The minimum atomic E-state index is -0.227. The second kappa shape index (κ2) is 10.3. The second-order valence-corrected chi connectivity index (χ2v) is 14.1. The number of para-hydroxylation sites is 3. The summed E-state index contributed by atoms with van der Waals surface area (Å²) in [7, 11) is 0. The van der Waals surface area contributed by atoms with E-state index in [0.717, 1.165) is 77.2 Å². The molecule has 11 rings (SSSR count). The lowest BCUT2D eigenvalue weighted by Crippen LogP contribution is -2.16. The predicted octanol–water partition coefficient (Wildman–Crippen LogP) is 12.3. The molecule has 0 N–H and O–H groups in total. The quantitative estimate of drug-likeness (QED) is 0.191. The molecule has 0 spiro atoms. The van der Waals surface area contributed by atoms with Gasteiger partial charge in [0.1, 0.15) is 11.2 Å². The molecule has 4 nitrogen and oxygen atoms in total. The minimum absolute atomic E-state index is 0.227. The number of hydrogen-bond acceptors (Lipinski definition) is 3. The maximum Gasteiger partial charge on any atom is 0.164 e. The number of hydrogen-bond donors (Lipinski definition) is 0. The smallest absolute Gasteiger partial charge is 0.164 e. The number of benzene rings is 7. The van der Waals surface area contributed by atoms with Gasteiger partial charge < -0.3 is 8.98 Å². The van der Waals surface area contributed by atoms with Gasteiger partial charge in [0.2, 0.25) is 0 Å². The summed E-state index contributed by atoms with van der Waals surface area (Å²) in [6.45, 7) is 4.64. The SMILES string of the molecule is CC1(C)c2ccccc2-c2ccc3c(-c4ccccc4)nc(-c4cccc5c4oc4c5ccc5c4c4ccccc4n5-c4ccccc4)nc3c21. The average Bonchev–Trinajstić information content (AvgIpc) is 3.81. The van der Waals surface area contributed by atoms with E-state index >= 15 is 0 Å². The van der Waals surface area contributed by atoms with E-state index in [2.05, 4.69) is 170 Å². The molecule has 0 unspecified atom stereocenters. The maximum absolute atomic E-state index is 7.06. The van der Waals surface area contributed by atoms with Crippen molar-refractivity contribution < 1.29 is 4.42 Å². The van der Waals surface area contributed by atoms with E-state index in [1.165, 1.54) is 22.3 Å². The van der Waals surface area contributed by atoms with Gasteiger partial charge in [0.05, 0.1) is 33.2 Å². The van der Waals surface area contributed by atoms with Crippen LogP contribution < -0.4 is 0 Å². The minimum Gasteiger partial charge on any atom is -0.455 e. The molecule has 0 atom stereocenters. The van der Waals surface area contributed by atoms with Crippen molar-refractivity contribution in [3.8, 4) is 39.5 Å². The Bertz CT molecular complexity index is 3040. The maximum atomic E-state index is 7.06. The van der Waals surface area contributed by atoms with Crippen LogP contribution in [0.2, 0.25) is 0 Å². The van der Waals surface area contributed by atoms with Crippen LogP contribution in [0.25, 0.3) is 94.1 Å². The van der Waals surface area contributed by atoms with Gasteiger partial charge in [0.25, 0.3) is 0 Å². The Morgan fingerprint density at radius 3 is 2.06 bits per heavy atom. The van der Waals surface area contributed by atoms with Crippen LogP contribution in [0, 0.1) is 0 Å². The molecule has 0 bridgehead atoms. The third-order valence-electron chi connectivity index (χ3n) is 11.0. The highest BCUT2D eigenvalue weighted by Crippen LogP contribution is 2.52. The van der Waals surface area contributed by atoms with Crippen LogP contribution in [-0.4, -0.2) is 14.5 Å². The van der Waals surface area contributed by atoms with Crippen LogP contribution in [0.3, 0.4) is 0 Å². The van der Waals surface area contributed by atoms with Crippen molar-refractivity contribution in [2.45, 2.75) is 19.3 Å². The van der Waals surface area contributed by atoms with Gasteiger partial charge in [0.15, 0.2) is 5.82 Å². The number of nitrogens with zero attached hydrogens (tertiary/aromatic N) is 3. The summed E-state index contributed by atoms with van der Waals surface area (Å²) >= 11 is 0. The number of fused-ring (bicyclic) bond motifs is 12. The molecule has 0 radical (unpaired) electrons. The molecule has 3 aromatic heterocycles. The van der Waals surface area contributed by atoms with Crippen LogP contribution in [0.15, 0.2) is 156 Å². The molecule has 4 heteroatoms. The normalized spacial score (nSPS) is 13.5. The third kappa shape index (κ3) is 3.85. The number of aromatic nitrogens is 3. The molecule has 0 saturated heterocycles. The fourth-order valence-electron chi connectivity index (χ4n) is 8.73. The van der Waals surface area contributed by atoms with Crippen molar-refractivity contribution in [1.82, 2.24) is 14.5 Å². The molecule has 240 valence electrons. The summed E-state index contributed by atoms with van der Waals surface area (Å²) in [6.07, 6.45) is 0. The highest BCUT2D eigenvalue weighted by Gasteiger charge is 2.38. The number of rotatable bonds is 3. The van der Waals surface area contributed by atoms with Gasteiger partial charge in [-0.1, -0.05) is 123 Å². The van der Waals surface area contributed by atoms with Gasteiger partial charge in [-0.05, 0) is 64.7 Å². The first kappa shape index (κ1) is 28.3. The summed E-state index contributed by atoms with van der Waals surface area (Å²) in [5.41, 5.74) is 13.8. The zero-order chi connectivity index (χ0) is 33.8. The molecule has 0 saturated carbocycles. The van der Waals surface area contributed by atoms with Gasteiger partial charge in [-0.15, -0.1) is 0 Å². The van der Waals surface area contributed by atoms with Gasteiger partial charge in [-0.25, -0.2) is 9.97 Å². The van der Waals surface area contributed by atoms with E-state index in [0.29, 0.717) is 5.82 Å². The van der Waals surface area contributed by atoms with E-state index < -0.39 is 0 Å². The molecule has 1 aliphatic carbocycles. The first-order valence-corrected chi connectivity index (χ1v) is 17.5. The van der Waals surface area contributed by atoms with Crippen LogP contribution >= 0.6 is 0 Å². The Kier molecular flexibility index (Phi) is 5.70. The molecule has 0 aliphatic heterocycles. The Balaban J connectivity index is 1.23. The van der Waals surface area contributed by atoms with E-state index in [9.17, 15) is 0 Å². The van der Waals surface area contributed by atoms with Gasteiger partial charge >= 0.3 is 0 Å². The Labute approximate surface area is 294 Å². The average molecular weight is 654 g/mol. The molecule has 10 aromatic rings. The first-order chi connectivity index (χ1) is 25.1. The lowest BCUT2D eigenvalue weighted by molar-refractivity contribution is 0.664. The second-order valence-electron chi connectivity index (χ2n) is 14.1. The molecule has 1 aliphatic rings. The molecule has 51 heavy (non-hydrogen) atoms. The lowest BCUT2D eigenvalue weighted by Gasteiger charge is -2.23. The van der Waals surface area contributed by atoms with E-state index in [4.69, 9.17) is 14.4 Å². The van der Waals surface area contributed by atoms with Crippen LogP contribution in [0.1, 0.15) is 25.0 Å². The molecule has 0 fully saturated rings. The van der Waals surface area contributed by atoms with Crippen LogP contribution in [0.5, 0.6) is 0 Å². The zero-order valence-corrected chi connectivity index (χ0v) is 28.2. The summed E-state index contributed by atoms with van der Waals surface area (Å²) in [5, 5.41) is 5.45. The van der Waals surface area contributed by atoms with Crippen molar-refractivity contribution in [2.24, 2.45) is 0 Å². The highest BCUT2D eigenvalue weighted by molar-refractivity contribution is 6.24. The summed E-state index contributed by atoms with van der Waals surface area (Å²) in [4.78, 5) is 10.8. The fraction of sp³-hybridized carbons (Fsp3) is 0.0638. The number of furan rings is 1. The van der Waals surface area contributed by atoms with Gasteiger partial charge in [-0.3, -0.25) is 0 Å². The van der Waals surface area contributed by atoms with E-state index in [1.54, 1.807) is 0 Å². The van der Waals surface area contributed by atoms with Gasteiger partial charge in [-0.2, -0.15) is 0 Å². The van der Waals surface area contributed by atoms with Crippen LogP contribution in [0.4, 0.5) is 0 Å². The largest absolute Gasteiger partial charge is 0.455 e. The third-order valence-corrected chi connectivity index (χ3v) is 11.0. The highest BCUT2D eigenvalue weighted by atomic mass is 16.3. The van der Waals surface area contributed by atoms with E-state index in [-0.39, 0.29) is 5.41 Å². The molecule has 0 amide bonds. The molecule has 7 aromatic carbocycles. The molecular formula is C47H31N3O. The van der Waals surface area contributed by atoms with Gasteiger partial charge in [0, 0.05) is 38.2 Å². The Hall–Kier alpha value is -6.52. The van der Waals surface area contributed by atoms with Crippen molar-refractivity contribution >= 4 is 54.6 Å². The Morgan fingerprint density at radius 1 is 0.510 bits per heavy atom. The monoisotopic (exact) mass is 653 g/mol. The fourth-order valence-corrected chi connectivity index (χ4v) is 8.73. The van der Waals surface area contributed by atoms with Crippen molar-refractivity contribution in [3.63, 3.8) is 0 Å². The van der Waals surface area contributed by atoms with Crippen molar-refractivity contribution in [3.05, 3.63) is 163 Å². The lowest BCUT2D eigenvalue weighted by atomic mass is 9.81. The van der Waals surface area contributed by atoms with Crippen molar-refractivity contribution in [2.75, 3.05) is 0 Å². The summed E-state index contributed by atoms with van der Waals surface area (Å²) in [5.74, 6) is 0.661. The topological polar surface area (TPSA) is 43.9 Å². The molecular weight excluding hydrogens is 623 g/mol. The standard InChI is InChI=1S/C47H31N3O/c1-47(2)37-22-11-9-18-30(37)31-24-25-35-42(28-14-5-3-6-15-28)48-46(49-43(35)41(31)47)36-21-13-20-32-33-26-27-39-40(45(33)51-44(32)36)34-19-10-12-23-38(34)50(39)29-16-7-4-8-17-29/h3-27H,1-2H3. The molecule has 3 heterocycles. The zero-order valence-electron chi connectivity index (χ0n) is 28.2. The first-order valence-electron chi connectivity index (χ1n) is 17.5. The van der Waals surface area contributed by atoms with E-state index in [1.807, 2.05) is 0 Å². The summed E-state index contributed by atoms with van der Waals surface area (Å²) < 4.78 is 9.39. The summed E-state index contributed by atoms with van der Waals surface area (Å²) in [6, 6.07) is 53.7. The predicted molar refractivity (Wildman–Crippen MR) is 210 cm³/mol.